The van der Waals surface area contributed by atoms with Crippen LogP contribution < -0.4 is 14.4 Å². The van der Waals surface area contributed by atoms with Gasteiger partial charge >= 0.3 is 0 Å². The van der Waals surface area contributed by atoms with Crippen LogP contribution >= 0.6 is 11.3 Å². The molecule has 0 N–H and O–H groups in total. The van der Waals surface area contributed by atoms with Gasteiger partial charge in [0, 0.05) is 22.5 Å². The first-order valence-electron chi connectivity index (χ1n) is 9.05. The Morgan fingerprint density at radius 3 is 2.64 bits per heavy atom. The summed E-state index contributed by atoms with van der Waals surface area (Å²) >= 11 is 1.69. The largest absolute Gasteiger partial charge is 0.486 e. The molecule has 5 heteroatoms. The lowest BCUT2D eigenvalue weighted by Crippen LogP contribution is -2.36. The monoisotopic (exact) mass is 357 g/mol. The lowest BCUT2D eigenvalue weighted by Gasteiger charge is -2.30. The van der Waals surface area contributed by atoms with E-state index in [1.807, 2.05) is 29.2 Å². The Morgan fingerprint density at radius 1 is 1.08 bits per heavy atom. The third-order valence-electron chi connectivity index (χ3n) is 4.95. The number of benzene rings is 1. The van der Waals surface area contributed by atoms with Crippen molar-refractivity contribution < 1.29 is 14.3 Å². The van der Waals surface area contributed by atoms with E-state index in [1.54, 1.807) is 11.3 Å². The van der Waals surface area contributed by atoms with Crippen LogP contribution in [-0.4, -0.2) is 19.1 Å². The van der Waals surface area contributed by atoms with Crippen LogP contribution in [0.4, 0.5) is 5.69 Å². The number of anilines is 1. The standard InChI is InChI=1S/C20H23NO3S/c22-20(15-5-2-1-3-6-15)21(14-17-7-4-12-25-17)16-8-9-18-19(13-16)24-11-10-23-18/h4,7-9,12-13,15H,1-3,5-6,10-11,14H2. The summed E-state index contributed by atoms with van der Waals surface area (Å²) in [6.07, 6.45) is 5.57. The van der Waals surface area contributed by atoms with Gasteiger partial charge in [-0.2, -0.15) is 0 Å². The minimum atomic E-state index is 0.141. The topological polar surface area (TPSA) is 38.8 Å². The van der Waals surface area contributed by atoms with Gasteiger partial charge in [-0.3, -0.25) is 4.79 Å². The first-order chi connectivity index (χ1) is 12.3. The highest BCUT2D eigenvalue weighted by Crippen LogP contribution is 2.36. The molecule has 1 aromatic carbocycles. The first-order valence-corrected chi connectivity index (χ1v) is 9.92. The zero-order valence-electron chi connectivity index (χ0n) is 14.3. The molecule has 0 spiro atoms. The van der Waals surface area contributed by atoms with Crippen molar-refractivity contribution in [2.75, 3.05) is 18.1 Å². The van der Waals surface area contributed by atoms with Gasteiger partial charge in [0.05, 0.1) is 6.54 Å². The number of fused-ring (bicyclic) bond motifs is 1. The minimum Gasteiger partial charge on any atom is -0.486 e. The van der Waals surface area contributed by atoms with Gasteiger partial charge in [0.1, 0.15) is 13.2 Å². The highest BCUT2D eigenvalue weighted by atomic mass is 32.1. The summed E-state index contributed by atoms with van der Waals surface area (Å²) in [6, 6.07) is 9.96. The van der Waals surface area contributed by atoms with E-state index >= 15 is 0 Å². The van der Waals surface area contributed by atoms with Crippen LogP contribution in [0.15, 0.2) is 35.7 Å². The molecule has 0 bridgehead atoms. The normalized spacial score (nSPS) is 17.3. The van der Waals surface area contributed by atoms with E-state index in [0.29, 0.717) is 19.8 Å². The number of nitrogens with zero attached hydrogens (tertiary/aromatic N) is 1. The molecule has 1 aliphatic heterocycles. The van der Waals surface area contributed by atoms with Crippen molar-refractivity contribution in [3.63, 3.8) is 0 Å². The van der Waals surface area contributed by atoms with Gasteiger partial charge in [0.15, 0.2) is 11.5 Å². The number of hydrogen-bond acceptors (Lipinski definition) is 4. The molecule has 132 valence electrons. The van der Waals surface area contributed by atoms with E-state index in [2.05, 4.69) is 11.4 Å². The number of carbonyl (C=O) groups excluding carboxylic acids is 1. The van der Waals surface area contributed by atoms with Gasteiger partial charge in [0.25, 0.3) is 0 Å². The van der Waals surface area contributed by atoms with E-state index in [4.69, 9.17) is 9.47 Å². The number of amides is 1. The second-order valence-electron chi connectivity index (χ2n) is 6.67. The third-order valence-corrected chi connectivity index (χ3v) is 5.81. The Hall–Kier alpha value is -2.01. The number of rotatable bonds is 4. The molecule has 0 radical (unpaired) electrons. The summed E-state index contributed by atoms with van der Waals surface area (Å²) in [5.74, 6) is 1.87. The molecule has 2 aliphatic rings. The molecule has 4 rings (SSSR count). The van der Waals surface area contributed by atoms with Crippen LogP contribution in [0.3, 0.4) is 0 Å². The molecule has 1 amide bonds. The molecule has 0 unspecified atom stereocenters. The van der Waals surface area contributed by atoms with Crippen LogP contribution in [0.2, 0.25) is 0 Å². The molecular formula is C20H23NO3S. The van der Waals surface area contributed by atoms with Crippen LogP contribution in [-0.2, 0) is 11.3 Å². The Balaban J connectivity index is 1.63. The molecule has 2 heterocycles. The fourth-order valence-electron chi connectivity index (χ4n) is 3.62. The Labute approximate surface area is 152 Å². The van der Waals surface area contributed by atoms with Crippen LogP contribution in [0, 0.1) is 5.92 Å². The lowest BCUT2D eigenvalue weighted by molar-refractivity contribution is -0.123. The number of ether oxygens (including phenoxy) is 2. The van der Waals surface area contributed by atoms with Crippen LogP contribution in [0.1, 0.15) is 37.0 Å². The fraction of sp³-hybridized carbons (Fsp3) is 0.450. The van der Waals surface area contributed by atoms with Crippen molar-refractivity contribution >= 4 is 22.9 Å². The molecule has 0 atom stereocenters. The molecule has 0 saturated heterocycles. The van der Waals surface area contributed by atoms with E-state index in [9.17, 15) is 4.79 Å². The summed E-state index contributed by atoms with van der Waals surface area (Å²) in [5, 5.41) is 2.06. The van der Waals surface area contributed by atoms with Gasteiger partial charge in [0.2, 0.25) is 5.91 Å². The molecule has 1 aliphatic carbocycles. The smallest absolute Gasteiger partial charge is 0.230 e. The maximum absolute atomic E-state index is 13.3. The molecule has 1 fully saturated rings. The second kappa shape index (κ2) is 7.48. The number of thiophene rings is 1. The first kappa shape index (κ1) is 16.5. The van der Waals surface area contributed by atoms with Crippen molar-refractivity contribution in [3.05, 3.63) is 40.6 Å². The summed E-state index contributed by atoms with van der Waals surface area (Å²) in [4.78, 5) is 16.4. The third kappa shape index (κ3) is 3.66. The zero-order chi connectivity index (χ0) is 17.1. The highest BCUT2D eigenvalue weighted by Gasteiger charge is 2.28. The van der Waals surface area contributed by atoms with Gasteiger partial charge in [-0.05, 0) is 36.4 Å². The van der Waals surface area contributed by atoms with E-state index in [0.717, 1.165) is 42.9 Å². The van der Waals surface area contributed by atoms with Crippen molar-refractivity contribution in [1.29, 1.82) is 0 Å². The number of hydrogen-bond donors (Lipinski definition) is 0. The molecular weight excluding hydrogens is 334 g/mol. The van der Waals surface area contributed by atoms with Crippen molar-refractivity contribution in [2.24, 2.45) is 5.92 Å². The fourth-order valence-corrected chi connectivity index (χ4v) is 4.32. The van der Waals surface area contributed by atoms with Crippen molar-refractivity contribution in [2.45, 2.75) is 38.6 Å². The average molecular weight is 357 g/mol. The molecule has 4 nitrogen and oxygen atoms in total. The van der Waals surface area contributed by atoms with Gasteiger partial charge < -0.3 is 14.4 Å². The zero-order valence-corrected chi connectivity index (χ0v) is 15.1. The predicted molar refractivity (Wildman–Crippen MR) is 99.5 cm³/mol. The van der Waals surface area contributed by atoms with E-state index in [-0.39, 0.29) is 11.8 Å². The van der Waals surface area contributed by atoms with Crippen LogP contribution in [0.5, 0.6) is 11.5 Å². The Kier molecular flexibility index (Phi) is 4.92. The summed E-state index contributed by atoms with van der Waals surface area (Å²) in [6.45, 7) is 1.75. The van der Waals surface area contributed by atoms with E-state index in [1.165, 1.54) is 11.3 Å². The summed E-state index contributed by atoms with van der Waals surface area (Å²) in [7, 11) is 0. The Bertz CT molecular complexity index is 723. The molecule has 25 heavy (non-hydrogen) atoms. The van der Waals surface area contributed by atoms with Gasteiger partial charge in [-0.25, -0.2) is 0 Å². The van der Waals surface area contributed by atoms with Crippen molar-refractivity contribution in [1.82, 2.24) is 0 Å². The molecule has 2 aromatic rings. The second-order valence-corrected chi connectivity index (χ2v) is 7.70. The van der Waals surface area contributed by atoms with Crippen LogP contribution in [0.25, 0.3) is 0 Å². The van der Waals surface area contributed by atoms with Crippen molar-refractivity contribution in [3.8, 4) is 11.5 Å². The molecule has 1 saturated carbocycles. The average Bonchev–Trinajstić information content (AvgIpc) is 3.19. The quantitative estimate of drug-likeness (QED) is 0.800. The van der Waals surface area contributed by atoms with Gasteiger partial charge in [-0.15, -0.1) is 11.3 Å². The summed E-state index contributed by atoms with van der Waals surface area (Å²) in [5.41, 5.74) is 0.897. The lowest BCUT2D eigenvalue weighted by atomic mass is 9.88. The van der Waals surface area contributed by atoms with Gasteiger partial charge in [-0.1, -0.05) is 25.3 Å². The van der Waals surface area contributed by atoms with E-state index < -0.39 is 0 Å². The SMILES string of the molecule is O=C(C1CCCCC1)N(Cc1cccs1)c1ccc2c(c1)OCCO2. The number of carbonyl (C=O) groups is 1. The summed E-state index contributed by atoms with van der Waals surface area (Å²) < 4.78 is 11.3. The molecule has 1 aromatic heterocycles. The maximum atomic E-state index is 13.3. The Morgan fingerprint density at radius 2 is 1.88 bits per heavy atom. The minimum absolute atomic E-state index is 0.141. The highest BCUT2D eigenvalue weighted by molar-refractivity contribution is 7.09. The maximum Gasteiger partial charge on any atom is 0.230 e. The predicted octanol–water partition coefficient (Wildman–Crippen LogP) is 4.63.